The highest BCUT2D eigenvalue weighted by molar-refractivity contribution is 7.11. The molecule has 1 aromatic heterocycles. The number of thiazole rings is 1. The van der Waals surface area contributed by atoms with Gasteiger partial charge >= 0.3 is 6.03 Å². The Hall–Kier alpha value is -1.30. The van der Waals surface area contributed by atoms with E-state index in [1.807, 2.05) is 10.3 Å². The lowest BCUT2D eigenvalue weighted by Crippen LogP contribution is -2.60. The van der Waals surface area contributed by atoms with Crippen LogP contribution in [0.4, 0.5) is 4.79 Å². The van der Waals surface area contributed by atoms with Crippen LogP contribution in [0.5, 0.6) is 5.19 Å². The summed E-state index contributed by atoms with van der Waals surface area (Å²) in [5.41, 5.74) is 0. The number of hydrogen-bond acceptors (Lipinski definition) is 4. The van der Waals surface area contributed by atoms with Crippen LogP contribution in [0.2, 0.25) is 0 Å². The van der Waals surface area contributed by atoms with E-state index in [2.05, 4.69) is 10.3 Å². The highest BCUT2D eigenvalue weighted by Crippen LogP contribution is 2.21. The lowest BCUT2D eigenvalue weighted by molar-refractivity contribution is 0.0428. The van der Waals surface area contributed by atoms with Crippen LogP contribution >= 0.6 is 11.3 Å². The molecule has 6 heteroatoms. The van der Waals surface area contributed by atoms with Gasteiger partial charge in [-0.1, -0.05) is 30.6 Å². The monoisotopic (exact) mass is 281 g/mol. The summed E-state index contributed by atoms with van der Waals surface area (Å²) in [4.78, 5) is 17.9. The molecule has 1 N–H and O–H groups in total. The third-order valence-electron chi connectivity index (χ3n) is 3.75. The van der Waals surface area contributed by atoms with Crippen LogP contribution in [0.3, 0.4) is 0 Å². The summed E-state index contributed by atoms with van der Waals surface area (Å²) in [6.45, 7) is 1.33. The topological polar surface area (TPSA) is 54.5 Å². The number of amides is 2. The van der Waals surface area contributed by atoms with E-state index < -0.39 is 0 Å². The number of carbonyl (C=O) groups excluding carboxylic acids is 1. The number of hydrogen-bond donors (Lipinski definition) is 1. The summed E-state index contributed by atoms with van der Waals surface area (Å²) in [5.74, 6) is 0. The van der Waals surface area contributed by atoms with Gasteiger partial charge in [0.2, 0.25) is 0 Å². The van der Waals surface area contributed by atoms with Crippen LogP contribution < -0.4 is 10.1 Å². The van der Waals surface area contributed by atoms with Gasteiger partial charge in [-0.3, -0.25) is 0 Å². The Kier molecular flexibility index (Phi) is 3.87. The Labute approximate surface area is 117 Å². The molecule has 2 aliphatic rings. The first-order chi connectivity index (χ1) is 9.31. The average molecular weight is 281 g/mol. The number of ether oxygens (including phenoxy) is 1. The molecule has 0 atom stereocenters. The second-order valence-electron chi connectivity index (χ2n) is 5.23. The Morgan fingerprint density at radius 2 is 2.16 bits per heavy atom. The Bertz CT molecular complexity index is 412. The van der Waals surface area contributed by atoms with Crippen molar-refractivity contribution in [3.63, 3.8) is 0 Å². The van der Waals surface area contributed by atoms with Crippen molar-refractivity contribution >= 4 is 17.4 Å². The molecule has 2 amide bonds. The molecule has 1 aliphatic heterocycles. The predicted molar refractivity (Wildman–Crippen MR) is 73.5 cm³/mol. The molecule has 0 aromatic carbocycles. The van der Waals surface area contributed by atoms with Crippen molar-refractivity contribution in [2.24, 2.45) is 0 Å². The van der Waals surface area contributed by atoms with E-state index in [9.17, 15) is 4.79 Å². The van der Waals surface area contributed by atoms with Crippen molar-refractivity contribution in [3.8, 4) is 5.19 Å². The number of rotatable bonds is 3. The molecule has 0 bridgehead atoms. The first-order valence-corrected chi connectivity index (χ1v) is 7.81. The lowest BCUT2D eigenvalue weighted by Gasteiger charge is -2.39. The molecule has 1 aromatic rings. The van der Waals surface area contributed by atoms with Crippen LogP contribution in [0.1, 0.15) is 32.1 Å². The number of nitrogens with one attached hydrogen (secondary N) is 1. The second-order valence-corrected chi connectivity index (χ2v) is 6.08. The SMILES string of the molecule is O=C(NC1CCCCC1)N1CC(Oc2nccs2)C1. The quantitative estimate of drug-likeness (QED) is 0.924. The molecule has 2 heterocycles. The molecular weight excluding hydrogens is 262 g/mol. The van der Waals surface area contributed by atoms with Gasteiger partial charge in [-0.15, -0.1) is 0 Å². The minimum Gasteiger partial charge on any atom is -0.463 e. The van der Waals surface area contributed by atoms with Gasteiger partial charge in [-0.05, 0) is 12.8 Å². The van der Waals surface area contributed by atoms with Gasteiger partial charge in [0.25, 0.3) is 5.19 Å². The van der Waals surface area contributed by atoms with Crippen molar-refractivity contribution in [3.05, 3.63) is 11.6 Å². The van der Waals surface area contributed by atoms with E-state index in [0.717, 1.165) is 12.8 Å². The molecule has 1 saturated heterocycles. The molecule has 104 valence electrons. The van der Waals surface area contributed by atoms with Gasteiger partial charge < -0.3 is 15.0 Å². The fraction of sp³-hybridized carbons (Fsp3) is 0.692. The third kappa shape index (κ3) is 3.18. The van der Waals surface area contributed by atoms with Crippen molar-refractivity contribution in [2.45, 2.75) is 44.2 Å². The zero-order chi connectivity index (χ0) is 13.1. The summed E-state index contributed by atoms with van der Waals surface area (Å²) < 4.78 is 5.65. The van der Waals surface area contributed by atoms with E-state index in [0.29, 0.717) is 24.3 Å². The summed E-state index contributed by atoms with van der Waals surface area (Å²) in [6, 6.07) is 0.436. The molecule has 2 fully saturated rings. The molecule has 0 unspecified atom stereocenters. The standard InChI is InChI=1S/C13H19N3O2S/c17-12(15-10-4-2-1-3-5-10)16-8-11(9-16)18-13-14-6-7-19-13/h6-7,10-11H,1-5,8-9H2,(H,15,17). The highest BCUT2D eigenvalue weighted by atomic mass is 32.1. The van der Waals surface area contributed by atoms with E-state index in [1.165, 1.54) is 30.6 Å². The molecule has 0 spiro atoms. The molecule has 5 nitrogen and oxygen atoms in total. The first kappa shape index (κ1) is 12.7. The van der Waals surface area contributed by atoms with Crippen LogP contribution in [0, 0.1) is 0 Å². The summed E-state index contributed by atoms with van der Waals surface area (Å²) >= 11 is 1.49. The van der Waals surface area contributed by atoms with Gasteiger partial charge in [0.05, 0.1) is 13.1 Å². The third-order valence-corrected chi connectivity index (χ3v) is 4.41. The summed E-state index contributed by atoms with van der Waals surface area (Å²) in [6.07, 6.45) is 7.85. The largest absolute Gasteiger partial charge is 0.463 e. The minimum absolute atomic E-state index is 0.0610. The molecule has 1 saturated carbocycles. The van der Waals surface area contributed by atoms with Gasteiger partial charge in [0, 0.05) is 17.6 Å². The molecule has 19 heavy (non-hydrogen) atoms. The predicted octanol–water partition coefficient (Wildman–Crippen LogP) is 2.25. The Morgan fingerprint density at radius 1 is 1.37 bits per heavy atom. The molecular formula is C13H19N3O2S. The number of aromatic nitrogens is 1. The van der Waals surface area contributed by atoms with Crippen LogP contribution in [0.15, 0.2) is 11.6 Å². The maximum absolute atomic E-state index is 12.0. The fourth-order valence-electron chi connectivity index (χ4n) is 2.60. The number of carbonyl (C=O) groups is 1. The zero-order valence-corrected chi connectivity index (χ0v) is 11.7. The number of nitrogens with zero attached hydrogens (tertiary/aromatic N) is 2. The minimum atomic E-state index is 0.0610. The zero-order valence-electron chi connectivity index (χ0n) is 10.9. The van der Waals surface area contributed by atoms with Crippen LogP contribution in [-0.4, -0.2) is 41.2 Å². The van der Waals surface area contributed by atoms with Crippen molar-refractivity contribution in [1.29, 1.82) is 0 Å². The average Bonchev–Trinajstić information content (AvgIpc) is 2.87. The van der Waals surface area contributed by atoms with E-state index in [1.54, 1.807) is 6.20 Å². The molecule has 1 aliphatic carbocycles. The van der Waals surface area contributed by atoms with Gasteiger partial charge in [0.1, 0.15) is 6.10 Å². The van der Waals surface area contributed by atoms with Crippen molar-refractivity contribution in [1.82, 2.24) is 15.2 Å². The summed E-state index contributed by atoms with van der Waals surface area (Å²) in [5, 5.41) is 5.70. The maximum Gasteiger partial charge on any atom is 0.317 e. The van der Waals surface area contributed by atoms with Gasteiger partial charge in [-0.25, -0.2) is 9.78 Å². The van der Waals surface area contributed by atoms with Crippen molar-refractivity contribution in [2.75, 3.05) is 13.1 Å². The summed E-state index contributed by atoms with van der Waals surface area (Å²) in [7, 11) is 0. The van der Waals surface area contributed by atoms with Gasteiger partial charge in [0.15, 0.2) is 0 Å². The van der Waals surface area contributed by atoms with E-state index in [-0.39, 0.29) is 12.1 Å². The maximum atomic E-state index is 12.0. The van der Waals surface area contributed by atoms with E-state index >= 15 is 0 Å². The van der Waals surface area contributed by atoms with Gasteiger partial charge in [-0.2, -0.15) is 0 Å². The first-order valence-electron chi connectivity index (χ1n) is 6.93. The molecule has 0 radical (unpaired) electrons. The molecule has 3 rings (SSSR count). The Balaban J connectivity index is 1.39. The Morgan fingerprint density at radius 3 is 2.84 bits per heavy atom. The number of urea groups is 1. The second kappa shape index (κ2) is 5.77. The lowest BCUT2D eigenvalue weighted by atomic mass is 9.95. The van der Waals surface area contributed by atoms with E-state index in [4.69, 9.17) is 4.74 Å². The number of likely N-dealkylation sites (tertiary alicyclic amines) is 1. The smallest absolute Gasteiger partial charge is 0.317 e. The highest BCUT2D eigenvalue weighted by Gasteiger charge is 2.33. The van der Waals surface area contributed by atoms with Crippen molar-refractivity contribution < 1.29 is 9.53 Å². The van der Waals surface area contributed by atoms with Crippen LogP contribution in [0.25, 0.3) is 0 Å². The fourth-order valence-corrected chi connectivity index (χ4v) is 3.15. The van der Waals surface area contributed by atoms with Crippen LogP contribution in [-0.2, 0) is 0 Å². The normalized spacial score (nSPS) is 20.9.